The first-order chi connectivity index (χ1) is 12.3. The highest BCUT2D eigenvalue weighted by Crippen LogP contribution is 2.34. The number of aromatic nitrogens is 3. The third-order valence-electron chi connectivity index (χ3n) is 4.34. The fourth-order valence-corrected chi connectivity index (χ4v) is 4.06. The predicted octanol–water partition coefficient (Wildman–Crippen LogP) is 2.67. The van der Waals surface area contributed by atoms with E-state index in [0.717, 1.165) is 37.0 Å². The lowest BCUT2D eigenvalue weighted by molar-refractivity contribution is -0.127. The third-order valence-corrected chi connectivity index (χ3v) is 5.35. The Bertz CT molecular complexity index is 743. The fourth-order valence-electron chi connectivity index (χ4n) is 3.07. The summed E-state index contributed by atoms with van der Waals surface area (Å²) in [6.07, 6.45) is 7.41. The van der Waals surface area contributed by atoms with E-state index in [-0.39, 0.29) is 24.3 Å². The molecule has 0 bridgehead atoms. The summed E-state index contributed by atoms with van der Waals surface area (Å²) in [7, 11) is 0. The molecule has 0 unspecified atom stereocenters. The summed E-state index contributed by atoms with van der Waals surface area (Å²) < 4.78 is 5.69. The molecule has 8 heteroatoms. The molecule has 0 aromatic carbocycles. The number of amides is 1. The maximum atomic E-state index is 12.2. The maximum absolute atomic E-state index is 12.2. The number of nitriles is 1. The van der Waals surface area contributed by atoms with E-state index in [2.05, 4.69) is 20.5 Å². The second-order valence-corrected chi connectivity index (χ2v) is 6.92. The van der Waals surface area contributed by atoms with E-state index >= 15 is 0 Å². The van der Waals surface area contributed by atoms with Gasteiger partial charge in [-0.2, -0.15) is 5.26 Å². The van der Waals surface area contributed by atoms with Crippen LogP contribution in [0.15, 0.2) is 34.2 Å². The highest BCUT2D eigenvalue weighted by molar-refractivity contribution is 7.99. The summed E-state index contributed by atoms with van der Waals surface area (Å²) >= 11 is 1.49. The molecule has 25 heavy (non-hydrogen) atoms. The number of thioether (sulfide) groups is 1. The Kier molecular flexibility index (Phi) is 6.01. The molecule has 2 aromatic heterocycles. The van der Waals surface area contributed by atoms with Gasteiger partial charge in [-0.1, -0.05) is 24.6 Å². The van der Waals surface area contributed by atoms with Crippen molar-refractivity contribution in [3.05, 3.63) is 24.5 Å². The van der Waals surface area contributed by atoms with Gasteiger partial charge in [0.05, 0.1) is 6.07 Å². The number of rotatable bonds is 6. The number of hydrogen-bond donors (Lipinski definition) is 1. The summed E-state index contributed by atoms with van der Waals surface area (Å²) in [5.74, 6) is 1.42. The summed E-state index contributed by atoms with van der Waals surface area (Å²) in [5, 5.41) is 20.0. The summed E-state index contributed by atoms with van der Waals surface area (Å²) in [4.78, 5) is 16.2. The van der Waals surface area contributed by atoms with Gasteiger partial charge in [-0.05, 0) is 30.9 Å². The van der Waals surface area contributed by atoms with Crippen molar-refractivity contribution in [2.75, 3.05) is 12.3 Å². The predicted molar refractivity (Wildman–Crippen MR) is 92.3 cm³/mol. The number of hydrogen-bond acceptors (Lipinski definition) is 7. The SMILES string of the molecule is N#CCNC(=O)[C@@H]1CCCC[C@H]1CSc1nnc(-c2ccncc2)o1. The van der Waals surface area contributed by atoms with Gasteiger partial charge < -0.3 is 9.73 Å². The van der Waals surface area contributed by atoms with Crippen molar-refractivity contribution in [1.29, 1.82) is 5.26 Å². The van der Waals surface area contributed by atoms with Crippen molar-refractivity contribution in [2.24, 2.45) is 11.8 Å². The van der Waals surface area contributed by atoms with Crippen LogP contribution in [0.4, 0.5) is 0 Å². The van der Waals surface area contributed by atoms with Crippen LogP contribution in [0.25, 0.3) is 11.5 Å². The van der Waals surface area contributed by atoms with Gasteiger partial charge in [-0.15, -0.1) is 10.2 Å². The van der Waals surface area contributed by atoms with Gasteiger partial charge >= 0.3 is 0 Å². The average Bonchev–Trinajstić information content (AvgIpc) is 3.14. The lowest BCUT2D eigenvalue weighted by atomic mass is 9.80. The van der Waals surface area contributed by atoms with Crippen molar-refractivity contribution < 1.29 is 9.21 Å². The van der Waals surface area contributed by atoms with Crippen LogP contribution in [0.5, 0.6) is 0 Å². The monoisotopic (exact) mass is 357 g/mol. The van der Waals surface area contributed by atoms with Gasteiger partial charge in [-0.25, -0.2) is 0 Å². The smallest absolute Gasteiger partial charge is 0.276 e. The number of nitrogens with one attached hydrogen (secondary N) is 1. The van der Waals surface area contributed by atoms with Crippen molar-refractivity contribution in [1.82, 2.24) is 20.5 Å². The standard InChI is InChI=1S/C17H19N5O2S/c18-7-10-20-15(23)14-4-2-1-3-13(14)11-25-17-22-21-16(24-17)12-5-8-19-9-6-12/h5-6,8-9,13-14H,1-4,10-11H2,(H,20,23)/t13-,14+/m0/s1. The lowest BCUT2D eigenvalue weighted by Crippen LogP contribution is -2.37. The minimum Gasteiger partial charge on any atom is -0.411 e. The Morgan fingerprint density at radius 3 is 2.92 bits per heavy atom. The molecule has 0 saturated heterocycles. The van der Waals surface area contributed by atoms with Gasteiger partial charge in [0.1, 0.15) is 6.54 Å². The van der Waals surface area contributed by atoms with E-state index in [1.165, 1.54) is 11.8 Å². The zero-order chi connectivity index (χ0) is 17.5. The molecule has 7 nitrogen and oxygen atoms in total. The molecule has 1 aliphatic rings. The van der Waals surface area contributed by atoms with Crippen LogP contribution in [0.3, 0.4) is 0 Å². The number of carbonyl (C=O) groups excluding carboxylic acids is 1. The number of carbonyl (C=O) groups is 1. The fraction of sp³-hybridized carbons (Fsp3) is 0.471. The van der Waals surface area contributed by atoms with Crippen LogP contribution in [0, 0.1) is 23.2 Å². The average molecular weight is 357 g/mol. The first-order valence-electron chi connectivity index (χ1n) is 8.29. The van der Waals surface area contributed by atoms with Crippen molar-refractivity contribution in [3.63, 3.8) is 0 Å². The second kappa shape index (κ2) is 8.62. The van der Waals surface area contributed by atoms with Crippen molar-refractivity contribution in [3.8, 4) is 17.5 Å². The minimum atomic E-state index is -0.0443. The van der Waals surface area contributed by atoms with Crippen LogP contribution in [0.2, 0.25) is 0 Å². The van der Waals surface area contributed by atoms with Crippen LogP contribution in [-0.4, -0.2) is 33.4 Å². The van der Waals surface area contributed by atoms with Crippen LogP contribution in [-0.2, 0) is 4.79 Å². The normalized spacial score (nSPS) is 20.0. The Morgan fingerprint density at radius 2 is 2.12 bits per heavy atom. The van der Waals surface area contributed by atoms with Gasteiger partial charge in [0.15, 0.2) is 0 Å². The van der Waals surface area contributed by atoms with Crippen LogP contribution >= 0.6 is 11.8 Å². The molecule has 2 aromatic rings. The third kappa shape index (κ3) is 4.57. The van der Waals surface area contributed by atoms with E-state index in [0.29, 0.717) is 11.1 Å². The topological polar surface area (TPSA) is 105 Å². The molecule has 1 saturated carbocycles. The number of nitrogens with zero attached hydrogens (tertiary/aromatic N) is 4. The van der Waals surface area contributed by atoms with Gasteiger partial charge in [0, 0.05) is 29.6 Å². The molecule has 0 spiro atoms. The van der Waals surface area contributed by atoms with E-state index in [1.54, 1.807) is 12.4 Å². The molecule has 130 valence electrons. The largest absolute Gasteiger partial charge is 0.411 e. The molecule has 3 rings (SSSR count). The van der Waals surface area contributed by atoms with Gasteiger partial charge in [-0.3, -0.25) is 9.78 Å². The molecule has 2 heterocycles. The molecule has 1 amide bonds. The summed E-state index contributed by atoms with van der Waals surface area (Å²) in [6.45, 7) is 0.0636. The maximum Gasteiger partial charge on any atom is 0.276 e. The molecule has 2 atom stereocenters. The zero-order valence-corrected chi connectivity index (χ0v) is 14.5. The van der Waals surface area contributed by atoms with E-state index in [1.807, 2.05) is 18.2 Å². The molecule has 1 fully saturated rings. The molecular formula is C17H19N5O2S. The zero-order valence-electron chi connectivity index (χ0n) is 13.7. The second-order valence-electron chi connectivity index (χ2n) is 5.95. The van der Waals surface area contributed by atoms with Crippen LogP contribution < -0.4 is 5.32 Å². The highest BCUT2D eigenvalue weighted by Gasteiger charge is 2.31. The molecule has 0 radical (unpaired) electrons. The minimum absolute atomic E-state index is 0.0187. The Morgan fingerprint density at radius 1 is 1.32 bits per heavy atom. The Balaban J connectivity index is 1.59. The highest BCUT2D eigenvalue weighted by atomic mass is 32.2. The Hall–Kier alpha value is -2.40. The first kappa shape index (κ1) is 17.4. The molecular weight excluding hydrogens is 338 g/mol. The summed E-state index contributed by atoms with van der Waals surface area (Å²) in [6, 6.07) is 5.59. The lowest BCUT2D eigenvalue weighted by Gasteiger charge is -2.29. The van der Waals surface area contributed by atoms with E-state index in [4.69, 9.17) is 9.68 Å². The van der Waals surface area contributed by atoms with Gasteiger partial charge in [0.2, 0.25) is 11.8 Å². The molecule has 1 N–H and O–H groups in total. The first-order valence-corrected chi connectivity index (χ1v) is 9.28. The van der Waals surface area contributed by atoms with Gasteiger partial charge in [0.25, 0.3) is 5.22 Å². The molecule has 0 aliphatic heterocycles. The Labute approximate surface area is 150 Å². The van der Waals surface area contributed by atoms with E-state index in [9.17, 15) is 4.79 Å². The summed E-state index contributed by atoms with van der Waals surface area (Å²) in [5.41, 5.74) is 0.834. The quantitative estimate of drug-likeness (QED) is 0.626. The van der Waals surface area contributed by atoms with Crippen molar-refractivity contribution in [2.45, 2.75) is 30.9 Å². The van der Waals surface area contributed by atoms with Crippen LogP contribution in [0.1, 0.15) is 25.7 Å². The van der Waals surface area contributed by atoms with E-state index < -0.39 is 0 Å². The number of pyridine rings is 1. The molecule has 1 aliphatic carbocycles. The van der Waals surface area contributed by atoms with Crippen molar-refractivity contribution >= 4 is 17.7 Å².